The largest absolute Gasteiger partial charge is 0.490 e. The lowest BCUT2D eigenvalue weighted by atomic mass is 9.93. The Morgan fingerprint density at radius 3 is 2.74 bits per heavy atom. The maximum absolute atomic E-state index is 13.0. The summed E-state index contributed by atoms with van der Waals surface area (Å²) in [5, 5.41) is 12.1. The summed E-state index contributed by atoms with van der Waals surface area (Å²) in [5.41, 5.74) is 2.71. The molecule has 2 N–H and O–H groups in total. The monoisotopic (exact) mass is 470 g/mol. The summed E-state index contributed by atoms with van der Waals surface area (Å²) in [6, 6.07) is 3.91. The molecule has 1 saturated heterocycles. The molecule has 34 heavy (non-hydrogen) atoms. The Bertz CT molecular complexity index is 986. The number of nitrogens with one attached hydrogen (secondary N) is 1. The molecule has 1 atom stereocenters. The van der Waals surface area contributed by atoms with E-state index in [0.29, 0.717) is 18.9 Å². The maximum atomic E-state index is 13.0. The first-order valence-corrected chi connectivity index (χ1v) is 12.3. The van der Waals surface area contributed by atoms with Gasteiger partial charge in [-0.05, 0) is 44.2 Å². The third-order valence-electron chi connectivity index (χ3n) is 6.95. The van der Waals surface area contributed by atoms with Crippen LogP contribution >= 0.6 is 0 Å². The predicted molar refractivity (Wildman–Crippen MR) is 127 cm³/mol. The van der Waals surface area contributed by atoms with E-state index in [1.165, 1.54) is 0 Å². The second kappa shape index (κ2) is 10.4. The van der Waals surface area contributed by atoms with Gasteiger partial charge in [0.15, 0.2) is 0 Å². The highest BCUT2D eigenvalue weighted by Gasteiger charge is 2.32. The van der Waals surface area contributed by atoms with Crippen LogP contribution in [0.3, 0.4) is 0 Å². The Hall–Kier alpha value is -3.10. The van der Waals surface area contributed by atoms with Crippen LogP contribution in [0.1, 0.15) is 69.4 Å². The third kappa shape index (κ3) is 5.34. The number of amides is 2. The highest BCUT2D eigenvalue weighted by Crippen LogP contribution is 2.37. The van der Waals surface area contributed by atoms with Crippen molar-refractivity contribution < 1.29 is 24.2 Å². The molecule has 9 nitrogen and oxygen atoms in total. The average molecular weight is 471 g/mol. The lowest BCUT2D eigenvalue weighted by molar-refractivity contribution is -0.147. The summed E-state index contributed by atoms with van der Waals surface area (Å²) in [4.78, 5) is 44.3. The van der Waals surface area contributed by atoms with Crippen molar-refractivity contribution >= 4 is 29.4 Å². The van der Waals surface area contributed by atoms with Crippen molar-refractivity contribution in [3.63, 3.8) is 0 Å². The fourth-order valence-electron chi connectivity index (χ4n) is 5.08. The number of benzene rings is 1. The zero-order chi connectivity index (χ0) is 24.2. The summed E-state index contributed by atoms with van der Waals surface area (Å²) >= 11 is 0. The minimum atomic E-state index is -0.969. The Balaban J connectivity index is 1.44. The van der Waals surface area contributed by atoms with Crippen molar-refractivity contribution in [2.75, 3.05) is 13.1 Å². The number of fused-ring (bicyclic) bond motifs is 2. The van der Waals surface area contributed by atoms with Crippen LogP contribution < -0.4 is 10.1 Å². The second-order valence-corrected chi connectivity index (χ2v) is 9.44. The number of hydrogen-bond acceptors (Lipinski definition) is 6. The number of aliphatic carboxylic acids is 1. The quantitative estimate of drug-likeness (QED) is 0.574. The van der Waals surface area contributed by atoms with Gasteiger partial charge in [0, 0.05) is 18.0 Å². The number of carboxylic acids is 1. The number of carbonyl (C=O) groups excluding carboxylic acids is 2. The molecule has 2 fully saturated rings. The second-order valence-electron chi connectivity index (χ2n) is 9.44. The lowest BCUT2D eigenvalue weighted by Crippen LogP contribution is -2.44. The van der Waals surface area contributed by atoms with Gasteiger partial charge in [0.1, 0.15) is 18.8 Å². The van der Waals surface area contributed by atoms with Gasteiger partial charge in [0.05, 0.1) is 18.3 Å². The molecule has 1 unspecified atom stereocenters. The van der Waals surface area contributed by atoms with E-state index in [-0.39, 0.29) is 43.5 Å². The fourth-order valence-corrected chi connectivity index (χ4v) is 5.08. The van der Waals surface area contributed by atoms with Gasteiger partial charge in [0.2, 0.25) is 17.8 Å². The van der Waals surface area contributed by atoms with Crippen molar-refractivity contribution in [2.45, 2.75) is 83.9 Å². The van der Waals surface area contributed by atoms with E-state index >= 15 is 0 Å². The molecule has 1 aromatic carbocycles. The normalized spacial score (nSPS) is 18.5. The van der Waals surface area contributed by atoms with Crippen LogP contribution in [0.2, 0.25) is 0 Å². The molecule has 184 valence electrons. The Morgan fingerprint density at radius 2 is 2.03 bits per heavy atom. The van der Waals surface area contributed by atoms with Gasteiger partial charge in [-0.2, -0.15) is 0 Å². The third-order valence-corrected chi connectivity index (χ3v) is 6.95. The van der Waals surface area contributed by atoms with Gasteiger partial charge in [-0.15, -0.1) is 0 Å². The van der Waals surface area contributed by atoms with E-state index in [0.717, 1.165) is 61.1 Å². The summed E-state index contributed by atoms with van der Waals surface area (Å²) in [6.45, 7) is 4.58. The Kier molecular flexibility index (Phi) is 7.38. The number of aryl methyl sites for hydroxylation is 1. The van der Waals surface area contributed by atoms with Crippen LogP contribution in [0.4, 0.5) is 5.69 Å². The number of aliphatic imine (C=N–C) groups is 1. The zero-order valence-corrected chi connectivity index (χ0v) is 20.0. The van der Waals surface area contributed by atoms with Gasteiger partial charge in [-0.3, -0.25) is 19.7 Å². The van der Waals surface area contributed by atoms with Gasteiger partial charge >= 0.3 is 5.97 Å². The summed E-state index contributed by atoms with van der Waals surface area (Å²) < 4.78 is 6.44. The van der Waals surface area contributed by atoms with E-state index in [2.05, 4.69) is 10.3 Å². The van der Waals surface area contributed by atoms with Crippen LogP contribution in [-0.4, -0.2) is 63.9 Å². The molecule has 2 amide bonds. The topological polar surface area (TPSA) is 112 Å². The highest BCUT2D eigenvalue weighted by molar-refractivity contribution is 6.06. The van der Waals surface area contributed by atoms with Crippen LogP contribution in [0.15, 0.2) is 17.1 Å². The van der Waals surface area contributed by atoms with Gasteiger partial charge in [-0.1, -0.05) is 32.3 Å². The minimum Gasteiger partial charge on any atom is -0.490 e. The molecule has 0 spiro atoms. The van der Waals surface area contributed by atoms with E-state index < -0.39 is 5.97 Å². The molecule has 0 aromatic heterocycles. The molecular formula is C25H34N4O5. The molecule has 2 aliphatic heterocycles. The molecule has 1 aliphatic carbocycles. The highest BCUT2D eigenvalue weighted by atomic mass is 16.5. The van der Waals surface area contributed by atoms with Crippen LogP contribution in [-0.2, 0) is 20.9 Å². The minimum absolute atomic E-state index is 0.0190. The van der Waals surface area contributed by atoms with E-state index in [1.807, 2.05) is 30.9 Å². The van der Waals surface area contributed by atoms with Crippen LogP contribution in [0, 0.1) is 6.92 Å². The molecule has 9 heteroatoms. The Morgan fingerprint density at radius 1 is 1.26 bits per heavy atom. The van der Waals surface area contributed by atoms with E-state index in [9.17, 15) is 19.5 Å². The maximum Gasteiger partial charge on any atom is 0.323 e. The molecule has 2 heterocycles. The van der Waals surface area contributed by atoms with E-state index in [1.54, 1.807) is 4.90 Å². The molecule has 1 aromatic rings. The number of ether oxygens (including phenoxy) is 1. The molecular weight excluding hydrogens is 436 g/mol. The first-order valence-electron chi connectivity index (χ1n) is 12.3. The number of nitrogens with zero attached hydrogens (tertiary/aromatic N) is 3. The first-order chi connectivity index (χ1) is 16.4. The molecule has 1 saturated carbocycles. The van der Waals surface area contributed by atoms with Gasteiger partial charge in [-0.25, -0.2) is 4.99 Å². The molecule has 0 radical (unpaired) electrons. The zero-order valence-electron chi connectivity index (χ0n) is 20.0. The number of carboxylic acid groups (broad SMARTS) is 1. The molecule has 0 bridgehead atoms. The first kappa shape index (κ1) is 24.0. The van der Waals surface area contributed by atoms with Crippen molar-refractivity contribution in [3.05, 3.63) is 23.3 Å². The average Bonchev–Trinajstić information content (AvgIpc) is 3.19. The number of hydrogen-bond donors (Lipinski definition) is 2. The smallest absolute Gasteiger partial charge is 0.323 e. The summed E-state index contributed by atoms with van der Waals surface area (Å²) in [6.07, 6.45) is 6.27. The lowest BCUT2D eigenvalue weighted by Gasteiger charge is -2.33. The number of rotatable bonds is 9. The van der Waals surface area contributed by atoms with Crippen LogP contribution in [0.25, 0.3) is 0 Å². The molecule has 3 aliphatic rings. The number of carbonyl (C=O) groups is 3. The molecule has 4 rings (SSSR count). The van der Waals surface area contributed by atoms with Crippen molar-refractivity contribution in [2.24, 2.45) is 4.99 Å². The van der Waals surface area contributed by atoms with Crippen molar-refractivity contribution in [1.29, 1.82) is 0 Å². The van der Waals surface area contributed by atoms with Crippen LogP contribution in [0.5, 0.6) is 5.75 Å². The van der Waals surface area contributed by atoms with E-state index in [4.69, 9.17) is 4.74 Å². The summed E-state index contributed by atoms with van der Waals surface area (Å²) in [7, 11) is 0. The van der Waals surface area contributed by atoms with Crippen molar-refractivity contribution in [3.8, 4) is 5.75 Å². The van der Waals surface area contributed by atoms with Crippen molar-refractivity contribution in [1.82, 2.24) is 15.1 Å². The predicted octanol–water partition coefficient (Wildman–Crippen LogP) is 3.11. The fraction of sp³-hybridized carbons (Fsp3) is 0.600. The van der Waals surface area contributed by atoms with Gasteiger partial charge < -0.3 is 19.6 Å². The SMILES string of the molecule is CCC(CCC(=O)N(CC(=O)O)C1CCCCC1)Oc1c(C)ccc2c1CN1CC(=O)NC1=N2. The Labute approximate surface area is 200 Å². The van der Waals surface area contributed by atoms with Gasteiger partial charge in [0.25, 0.3) is 0 Å². The summed E-state index contributed by atoms with van der Waals surface area (Å²) in [5.74, 6) is 0.182. The standard InChI is InChI=1S/C25H34N4O5/c1-3-18(10-12-22(31)29(15-23(32)33)17-7-5-4-6-8-17)34-24-16(2)9-11-20-19(24)13-28-14-21(30)27-25(28)26-20/h9,11,17-18H,3-8,10,12-15H2,1-2H3,(H,32,33)(H,26,27,30). The number of guanidine groups is 1.